The van der Waals surface area contributed by atoms with Gasteiger partial charge >= 0.3 is 5.97 Å². The van der Waals surface area contributed by atoms with Crippen molar-refractivity contribution in [2.75, 3.05) is 0 Å². The maximum atomic E-state index is 12.6. The zero-order valence-electron chi connectivity index (χ0n) is 11.4. The monoisotopic (exact) mass is 264 g/mol. The van der Waals surface area contributed by atoms with Crippen LogP contribution in [-0.4, -0.2) is 38.5 Å². The highest BCUT2D eigenvalue weighted by Gasteiger charge is 2.30. The van der Waals surface area contributed by atoms with Crippen LogP contribution in [0.25, 0.3) is 0 Å². The van der Waals surface area contributed by atoms with Crippen molar-refractivity contribution >= 4 is 11.9 Å². The van der Waals surface area contributed by atoms with Gasteiger partial charge in [0.1, 0.15) is 12.2 Å². The summed E-state index contributed by atoms with van der Waals surface area (Å²) in [6, 6.07) is 3.84. The van der Waals surface area contributed by atoms with E-state index in [-0.39, 0.29) is 24.5 Å². The Kier molecular flexibility index (Phi) is 3.93. The van der Waals surface area contributed by atoms with Crippen molar-refractivity contribution in [3.05, 3.63) is 24.0 Å². The van der Waals surface area contributed by atoms with Crippen LogP contribution in [0.15, 0.2) is 18.3 Å². The van der Waals surface area contributed by atoms with Crippen LogP contribution in [0.5, 0.6) is 0 Å². The zero-order valence-corrected chi connectivity index (χ0v) is 11.4. The third-order valence-electron chi connectivity index (χ3n) is 3.78. The van der Waals surface area contributed by atoms with E-state index in [0.29, 0.717) is 5.69 Å². The first-order valence-electron chi connectivity index (χ1n) is 6.70. The average molecular weight is 264 g/mol. The van der Waals surface area contributed by atoms with E-state index in [1.807, 2.05) is 4.90 Å². The van der Waals surface area contributed by atoms with Crippen molar-refractivity contribution in [2.24, 2.45) is 0 Å². The molecule has 2 unspecified atom stereocenters. The Morgan fingerprint density at radius 1 is 1.32 bits per heavy atom. The van der Waals surface area contributed by atoms with Crippen LogP contribution >= 0.6 is 0 Å². The fourth-order valence-corrected chi connectivity index (χ4v) is 2.85. The molecule has 0 aromatic carbocycles. The molecular formula is C14H20N2O3. The molecule has 2 atom stereocenters. The number of likely N-dealkylation sites (tertiary alicyclic amines) is 1. The molecule has 1 aromatic rings. The van der Waals surface area contributed by atoms with Gasteiger partial charge < -0.3 is 14.6 Å². The molecule has 5 heteroatoms. The van der Waals surface area contributed by atoms with E-state index in [1.165, 1.54) is 4.57 Å². The molecule has 0 bridgehead atoms. The minimum absolute atomic E-state index is 0.0639. The summed E-state index contributed by atoms with van der Waals surface area (Å²) in [5.41, 5.74) is 0.461. The summed E-state index contributed by atoms with van der Waals surface area (Å²) in [5, 5.41) is 8.86. The third kappa shape index (κ3) is 2.80. The van der Waals surface area contributed by atoms with Gasteiger partial charge in [-0.2, -0.15) is 0 Å². The minimum Gasteiger partial charge on any atom is -0.480 e. The average Bonchev–Trinajstić information content (AvgIpc) is 2.75. The van der Waals surface area contributed by atoms with Gasteiger partial charge in [-0.15, -0.1) is 0 Å². The van der Waals surface area contributed by atoms with Crippen molar-refractivity contribution < 1.29 is 14.7 Å². The smallest absolute Gasteiger partial charge is 0.323 e. The third-order valence-corrected chi connectivity index (χ3v) is 3.78. The minimum atomic E-state index is -0.940. The molecule has 1 N–H and O–H groups in total. The fraction of sp³-hybridized carbons (Fsp3) is 0.571. The zero-order chi connectivity index (χ0) is 14.0. The molecule has 1 saturated heterocycles. The highest BCUT2D eigenvalue weighted by atomic mass is 16.4. The number of carboxylic acid groups (broad SMARTS) is 1. The first-order chi connectivity index (χ1) is 9.00. The number of carbonyl (C=O) groups is 2. The second kappa shape index (κ2) is 5.47. The number of hydrogen-bond acceptors (Lipinski definition) is 2. The van der Waals surface area contributed by atoms with Crippen molar-refractivity contribution in [3.63, 3.8) is 0 Å². The number of hydrogen-bond donors (Lipinski definition) is 1. The van der Waals surface area contributed by atoms with Gasteiger partial charge in [-0.3, -0.25) is 9.59 Å². The van der Waals surface area contributed by atoms with Crippen LogP contribution in [0.3, 0.4) is 0 Å². The highest BCUT2D eigenvalue weighted by Crippen LogP contribution is 2.24. The molecule has 0 radical (unpaired) electrons. The van der Waals surface area contributed by atoms with Crippen LogP contribution in [0, 0.1) is 0 Å². The Balaban J connectivity index is 2.23. The molecular weight excluding hydrogens is 244 g/mol. The predicted octanol–water partition coefficient (Wildman–Crippen LogP) is 1.98. The van der Waals surface area contributed by atoms with Gasteiger partial charge in [-0.25, -0.2) is 0 Å². The number of carboxylic acids is 1. The molecule has 104 valence electrons. The van der Waals surface area contributed by atoms with Gasteiger partial charge in [0.05, 0.1) is 0 Å². The van der Waals surface area contributed by atoms with Crippen molar-refractivity contribution in [1.29, 1.82) is 0 Å². The molecule has 19 heavy (non-hydrogen) atoms. The molecule has 0 spiro atoms. The Labute approximate surface area is 112 Å². The maximum absolute atomic E-state index is 12.6. The van der Waals surface area contributed by atoms with E-state index in [9.17, 15) is 9.59 Å². The van der Waals surface area contributed by atoms with Gasteiger partial charge in [-0.05, 0) is 45.2 Å². The lowest BCUT2D eigenvalue weighted by Gasteiger charge is -2.39. The summed E-state index contributed by atoms with van der Waals surface area (Å²) in [7, 11) is 0. The van der Waals surface area contributed by atoms with Gasteiger partial charge in [-0.1, -0.05) is 0 Å². The molecule has 1 amide bonds. The van der Waals surface area contributed by atoms with E-state index >= 15 is 0 Å². The number of aromatic nitrogens is 1. The lowest BCUT2D eigenvalue weighted by atomic mass is 9.97. The summed E-state index contributed by atoms with van der Waals surface area (Å²) in [6.07, 6.45) is 4.80. The van der Waals surface area contributed by atoms with Gasteiger partial charge in [0, 0.05) is 18.3 Å². The van der Waals surface area contributed by atoms with Gasteiger partial charge in [0.25, 0.3) is 5.91 Å². The molecule has 1 aromatic heterocycles. The largest absolute Gasteiger partial charge is 0.480 e. The van der Waals surface area contributed by atoms with Crippen molar-refractivity contribution in [1.82, 2.24) is 9.47 Å². The van der Waals surface area contributed by atoms with E-state index in [0.717, 1.165) is 19.3 Å². The van der Waals surface area contributed by atoms with E-state index in [1.54, 1.807) is 18.3 Å². The van der Waals surface area contributed by atoms with Crippen LogP contribution in [0.1, 0.15) is 43.6 Å². The van der Waals surface area contributed by atoms with Crippen LogP contribution < -0.4 is 0 Å². The summed E-state index contributed by atoms with van der Waals surface area (Å²) in [4.78, 5) is 25.3. The van der Waals surface area contributed by atoms with Crippen LogP contribution in [0.2, 0.25) is 0 Å². The molecule has 5 nitrogen and oxygen atoms in total. The Morgan fingerprint density at radius 2 is 1.95 bits per heavy atom. The molecule has 2 rings (SSSR count). The predicted molar refractivity (Wildman–Crippen MR) is 71.0 cm³/mol. The molecule has 2 heterocycles. The summed E-state index contributed by atoms with van der Waals surface area (Å²) < 4.78 is 1.50. The van der Waals surface area contributed by atoms with E-state index in [4.69, 9.17) is 5.11 Å². The molecule has 1 aliphatic heterocycles. The Bertz CT molecular complexity index is 471. The molecule has 1 fully saturated rings. The lowest BCUT2D eigenvalue weighted by molar-refractivity contribution is -0.137. The topological polar surface area (TPSA) is 62.5 Å². The number of rotatable bonds is 3. The summed E-state index contributed by atoms with van der Waals surface area (Å²) in [6.45, 7) is 3.93. The quantitative estimate of drug-likeness (QED) is 0.908. The Hall–Kier alpha value is -1.78. The maximum Gasteiger partial charge on any atom is 0.323 e. The number of nitrogens with zero attached hydrogens (tertiary/aromatic N) is 2. The van der Waals surface area contributed by atoms with Crippen molar-refractivity contribution in [2.45, 2.75) is 51.7 Å². The number of piperidine rings is 1. The number of aliphatic carboxylic acids is 1. The standard InChI is InChI=1S/C14H20N2O3/c1-10-5-3-6-11(2)16(10)14(19)12-7-4-8-15(12)9-13(17)18/h4,7-8,10-11H,3,5-6,9H2,1-2H3,(H,17,18). The van der Waals surface area contributed by atoms with Gasteiger partial charge in [0.15, 0.2) is 0 Å². The number of amides is 1. The summed E-state index contributed by atoms with van der Waals surface area (Å²) in [5.74, 6) is -1.00. The van der Waals surface area contributed by atoms with Crippen LogP contribution in [-0.2, 0) is 11.3 Å². The molecule has 0 aliphatic carbocycles. The second-order valence-electron chi connectivity index (χ2n) is 5.26. The summed E-state index contributed by atoms with van der Waals surface area (Å²) >= 11 is 0. The molecule has 1 aliphatic rings. The first-order valence-corrected chi connectivity index (χ1v) is 6.70. The lowest BCUT2D eigenvalue weighted by Crippen LogP contribution is -2.48. The number of carbonyl (C=O) groups excluding carboxylic acids is 1. The normalized spacial score (nSPS) is 23.4. The van der Waals surface area contributed by atoms with E-state index in [2.05, 4.69) is 13.8 Å². The molecule has 0 saturated carbocycles. The first kappa shape index (κ1) is 13.6. The van der Waals surface area contributed by atoms with Gasteiger partial charge in [0.2, 0.25) is 0 Å². The van der Waals surface area contributed by atoms with Crippen LogP contribution in [0.4, 0.5) is 0 Å². The second-order valence-corrected chi connectivity index (χ2v) is 5.26. The SMILES string of the molecule is CC1CCCC(C)N1C(=O)c1cccn1CC(=O)O. The fourth-order valence-electron chi connectivity index (χ4n) is 2.85. The Morgan fingerprint density at radius 3 is 2.53 bits per heavy atom. The van der Waals surface area contributed by atoms with Crippen molar-refractivity contribution in [3.8, 4) is 0 Å². The highest BCUT2D eigenvalue weighted by molar-refractivity contribution is 5.93. The van der Waals surface area contributed by atoms with E-state index < -0.39 is 5.97 Å².